The predicted molar refractivity (Wildman–Crippen MR) is 126 cm³/mol. The molecule has 0 radical (unpaired) electrons. The second-order valence-electron chi connectivity index (χ2n) is 8.16. The number of benzene rings is 1. The Bertz CT molecular complexity index is 1220. The lowest BCUT2D eigenvalue weighted by Gasteiger charge is -2.19. The number of para-hydroxylation sites is 1. The highest BCUT2D eigenvalue weighted by Gasteiger charge is 2.57. The average Bonchev–Trinajstić information content (AvgIpc) is 3.17. The van der Waals surface area contributed by atoms with Crippen molar-refractivity contribution in [2.45, 2.75) is 19.6 Å². The second-order valence-corrected chi connectivity index (χ2v) is 9.90. The van der Waals surface area contributed by atoms with Crippen molar-refractivity contribution < 1.29 is 19.4 Å². The molecule has 0 spiro atoms. The zero-order valence-corrected chi connectivity index (χ0v) is 19.8. The summed E-state index contributed by atoms with van der Waals surface area (Å²) in [6.07, 6.45) is 0. The maximum atomic E-state index is 12.6. The molecular formula is C22H20Cl2N4O4S. The van der Waals surface area contributed by atoms with E-state index in [1.54, 1.807) is 6.92 Å². The Morgan fingerprint density at radius 1 is 1.24 bits per heavy atom. The van der Waals surface area contributed by atoms with E-state index in [4.69, 9.17) is 27.9 Å². The molecule has 33 heavy (non-hydrogen) atoms. The first-order chi connectivity index (χ1) is 15.8. The van der Waals surface area contributed by atoms with Crippen LogP contribution >= 0.6 is 34.5 Å². The van der Waals surface area contributed by atoms with Crippen LogP contribution in [0.2, 0.25) is 10.0 Å². The summed E-state index contributed by atoms with van der Waals surface area (Å²) in [5, 5.41) is 13.9. The number of carboxylic acids is 1. The van der Waals surface area contributed by atoms with Gasteiger partial charge in [0.15, 0.2) is 5.13 Å². The molecule has 3 aromatic rings. The number of aromatic carboxylic acids is 1. The maximum Gasteiger partial charge on any atom is 0.348 e. The number of ether oxygens (including phenoxy) is 1. The lowest BCUT2D eigenvalue weighted by molar-refractivity contribution is 0.0698. The van der Waals surface area contributed by atoms with Crippen LogP contribution in [0.1, 0.15) is 31.5 Å². The third-order valence-electron chi connectivity index (χ3n) is 6.04. The minimum absolute atomic E-state index is 0.0481. The molecule has 11 heteroatoms. The zero-order valence-electron chi connectivity index (χ0n) is 17.5. The fourth-order valence-corrected chi connectivity index (χ4v) is 5.60. The van der Waals surface area contributed by atoms with Crippen molar-refractivity contribution >= 4 is 51.5 Å². The molecule has 3 N–H and O–H groups in total. The normalized spacial score (nSPS) is 21.1. The number of hydrogen-bond donors (Lipinski definition) is 3. The van der Waals surface area contributed by atoms with E-state index in [1.165, 1.54) is 0 Å². The van der Waals surface area contributed by atoms with Crippen molar-refractivity contribution in [2.24, 2.45) is 11.8 Å². The molecule has 0 bridgehead atoms. The number of H-pyrrole nitrogens is 1. The van der Waals surface area contributed by atoms with Crippen LogP contribution in [0.3, 0.4) is 0 Å². The smallest absolute Gasteiger partial charge is 0.348 e. The quantitative estimate of drug-likeness (QED) is 0.442. The van der Waals surface area contributed by atoms with Crippen molar-refractivity contribution in [1.29, 1.82) is 0 Å². The molecule has 1 aromatic carbocycles. The van der Waals surface area contributed by atoms with Gasteiger partial charge in [0.25, 0.3) is 5.91 Å². The SMILES string of the molecule is Cc1[nH]c(C(=O)N[C@@H]2[C@@H]3CN(c4nc(COc5ccccc5)c(C(=O)O)s4)C[C@@H]32)c(Cl)c1Cl. The van der Waals surface area contributed by atoms with Crippen molar-refractivity contribution in [2.75, 3.05) is 18.0 Å². The van der Waals surface area contributed by atoms with E-state index in [2.05, 4.69) is 20.2 Å². The molecule has 1 saturated heterocycles. The van der Waals surface area contributed by atoms with Crippen LogP contribution < -0.4 is 15.0 Å². The minimum Gasteiger partial charge on any atom is -0.487 e. The first-order valence-electron chi connectivity index (χ1n) is 10.3. The first kappa shape index (κ1) is 22.1. The molecule has 172 valence electrons. The number of aryl methyl sites for hydroxylation is 1. The Morgan fingerprint density at radius 3 is 2.55 bits per heavy atom. The van der Waals surface area contributed by atoms with Gasteiger partial charge in [-0.25, -0.2) is 9.78 Å². The number of nitrogens with zero attached hydrogens (tertiary/aromatic N) is 2. The van der Waals surface area contributed by atoms with Gasteiger partial charge in [-0.3, -0.25) is 4.79 Å². The summed E-state index contributed by atoms with van der Waals surface area (Å²) in [7, 11) is 0. The van der Waals surface area contributed by atoms with E-state index in [9.17, 15) is 14.7 Å². The van der Waals surface area contributed by atoms with Crippen molar-refractivity contribution in [1.82, 2.24) is 15.3 Å². The van der Waals surface area contributed by atoms with Gasteiger partial charge in [-0.2, -0.15) is 0 Å². The van der Waals surface area contributed by atoms with E-state index in [0.29, 0.717) is 40.4 Å². The minimum atomic E-state index is -1.02. The van der Waals surface area contributed by atoms with Gasteiger partial charge in [-0.1, -0.05) is 52.7 Å². The molecule has 2 fully saturated rings. The summed E-state index contributed by atoms with van der Waals surface area (Å²) >= 11 is 13.4. The van der Waals surface area contributed by atoms with Crippen LogP contribution in [-0.4, -0.2) is 46.1 Å². The number of rotatable bonds is 7. The molecule has 3 heterocycles. The molecule has 1 aliphatic heterocycles. The highest BCUT2D eigenvalue weighted by molar-refractivity contribution is 7.17. The number of halogens is 2. The number of hydrogen-bond acceptors (Lipinski definition) is 6. The third kappa shape index (κ3) is 4.16. The van der Waals surface area contributed by atoms with Gasteiger partial charge in [0.2, 0.25) is 0 Å². The van der Waals surface area contributed by atoms with Gasteiger partial charge in [0.1, 0.15) is 28.6 Å². The number of carboxylic acid groups (broad SMARTS) is 1. The van der Waals surface area contributed by atoms with E-state index >= 15 is 0 Å². The number of nitrogens with one attached hydrogen (secondary N) is 2. The fourth-order valence-electron chi connectivity index (χ4n) is 4.26. The van der Waals surface area contributed by atoms with Crippen molar-refractivity contribution in [3.8, 4) is 5.75 Å². The molecule has 1 saturated carbocycles. The van der Waals surface area contributed by atoms with Crippen LogP contribution in [0.15, 0.2) is 30.3 Å². The number of anilines is 1. The van der Waals surface area contributed by atoms with Gasteiger partial charge >= 0.3 is 5.97 Å². The molecule has 0 unspecified atom stereocenters. The Hall–Kier alpha value is -2.75. The van der Waals surface area contributed by atoms with Gasteiger partial charge in [-0.15, -0.1) is 0 Å². The number of carbonyl (C=O) groups excluding carboxylic acids is 1. The summed E-state index contributed by atoms with van der Waals surface area (Å²) in [6, 6.07) is 9.26. The van der Waals surface area contributed by atoms with Crippen LogP contribution in [0.4, 0.5) is 5.13 Å². The van der Waals surface area contributed by atoms with Crippen LogP contribution in [0, 0.1) is 18.8 Å². The number of aromatic nitrogens is 2. The highest BCUT2D eigenvalue weighted by atomic mass is 35.5. The van der Waals surface area contributed by atoms with E-state index in [-0.39, 0.29) is 46.0 Å². The van der Waals surface area contributed by atoms with Crippen molar-refractivity contribution in [3.05, 3.63) is 62.3 Å². The molecule has 5 rings (SSSR count). The molecule has 1 aliphatic carbocycles. The topological polar surface area (TPSA) is 108 Å². The molecular weight excluding hydrogens is 487 g/mol. The number of piperidine rings is 1. The van der Waals surface area contributed by atoms with E-state index in [1.807, 2.05) is 30.3 Å². The summed E-state index contributed by atoms with van der Waals surface area (Å²) in [5.74, 6) is -0.0793. The summed E-state index contributed by atoms with van der Waals surface area (Å²) < 4.78 is 5.70. The van der Waals surface area contributed by atoms with Gasteiger partial charge in [0.05, 0.1) is 10.0 Å². The molecule has 3 atom stereocenters. The van der Waals surface area contributed by atoms with Gasteiger partial charge < -0.3 is 25.0 Å². The summed E-state index contributed by atoms with van der Waals surface area (Å²) in [5.41, 5.74) is 1.33. The predicted octanol–water partition coefficient (Wildman–Crippen LogP) is 4.23. The first-order valence-corrected chi connectivity index (χ1v) is 11.9. The molecule has 1 amide bonds. The van der Waals surface area contributed by atoms with Crippen LogP contribution in [0.25, 0.3) is 0 Å². The Labute approximate surface area is 203 Å². The number of aromatic amines is 1. The Balaban J connectivity index is 1.22. The monoisotopic (exact) mass is 506 g/mol. The standard InChI is InChI=1S/C22H20Cl2N4O4S/c1-10-15(23)16(24)18(25-10)20(29)27-17-12-7-28(8-13(12)17)22-26-14(19(33-22)21(30)31)9-32-11-5-3-2-4-6-11/h2-6,12-13,17,25H,7-9H2,1H3,(H,27,29)(H,30,31)/t12-,13+,17-. The zero-order chi connectivity index (χ0) is 23.3. The molecule has 2 aliphatic rings. The Morgan fingerprint density at radius 2 is 1.94 bits per heavy atom. The maximum absolute atomic E-state index is 12.6. The Kier molecular flexibility index (Phi) is 5.72. The average molecular weight is 507 g/mol. The lowest BCUT2D eigenvalue weighted by atomic mass is 10.3. The lowest BCUT2D eigenvalue weighted by Crippen LogP contribution is -2.34. The fraction of sp³-hybridized carbons (Fsp3) is 0.318. The molecule has 8 nitrogen and oxygen atoms in total. The largest absolute Gasteiger partial charge is 0.487 e. The van der Waals surface area contributed by atoms with Gasteiger partial charge in [0, 0.05) is 36.7 Å². The number of fused-ring (bicyclic) bond motifs is 1. The summed E-state index contributed by atoms with van der Waals surface area (Å²) in [6.45, 7) is 3.23. The van der Waals surface area contributed by atoms with Crippen LogP contribution in [-0.2, 0) is 6.61 Å². The van der Waals surface area contributed by atoms with E-state index < -0.39 is 5.97 Å². The number of amides is 1. The summed E-state index contributed by atoms with van der Waals surface area (Å²) in [4.78, 5) is 34.0. The number of carbonyl (C=O) groups is 2. The van der Waals surface area contributed by atoms with Gasteiger partial charge in [-0.05, 0) is 19.1 Å². The van der Waals surface area contributed by atoms with Crippen molar-refractivity contribution in [3.63, 3.8) is 0 Å². The highest BCUT2D eigenvalue weighted by Crippen LogP contribution is 2.48. The van der Waals surface area contributed by atoms with Crippen LogP contribution in [0.5, 0.6) is 5.75 Å². The second kappa shape index (κ2) is 8.55. The molecule has 2 aromatic heterocycles. The van der Waals surface area contributed by atoms with E-state index in [0.717, 1.165) is 11.3 Å². The third-order valence-corrected chi connectivity index (χ3v) is 8.14. The number of thiazole rings is 1.